The van der Waals surface area contributed by atoms with E-state index in [-0.39, 0.29) is 0 Å². The summed E-state index contributed by atoms with van der Waals surface area (Å²) in [5.74, 6) is 3.48. The highest BCUT2D eigenvalue weighted by atomic mass is 32.2. The highest BCUT2D eigenvalue weighted by Gasteiger charge is 2.39. The van der Waals surface area contributed by atoms with Gasteiger partial charge in [-0.3, -0.25) is 0 Å². The summed E-state index contributed by atoms with van der Waals surface area (Å²) >= 11 is 2.72. The van der Waals surface area contributed by atoms with E-state index in [9.17, 15) is 0 Å². The van der Waals surface area contributed by atoms with Crippen LogP contribution in [0.1, 0.15) is 13.8 Å². The predicted octanol–water partition coefficient (Wildman–Crippen LogP) is 2.70. The van der Waals surface area contributed by atoms with Crippen molar-refractivity contribution >= 4 is 23.8 Å². The fourth-order valence-electron chi connectivity index (χ4n) is 0.818. The lowest BCUT2D eigenvalue weighted by molar-refractivity contribution is 0.497. The van der Waals surface area contributed by atoms with Gasteiger partial charge in [0.2, 0.25) is 0 Å². The fourth-order valence-corrected chi connectivity index (χ4v) is 2.80. The zero-order chi connectivity index (χ0) is 6.85. The largest absolute Gasteiger partial charge is 0.329 e. The topological polar surface area (TPSA) is 20.2 Å². The molecular formula is C6H11OS2+. The molecule has 1 aliphatic rings. The minimum absolute atomic E-state index is 0.375. The summed E-state index contributed by atoms with van der Waals surface area (Å²) in [6.45, 7) is 4.36. The molecular weight excluding hydrogens is 152 g/mol. The molecule has 0 amide bonds. The van der Waals surface area contributed by atoms with Crippen LogP contribution < -0.4 is 0 Å². The summed E-state index contributed by atoms with van der Waals surface area (Å²) in [6, 6.07) is 0. The van der Waals surface area contributed by atoms with Crippen LogP contribution in [0.25, 0.3) is 0 Å². The Balaban J connectivity index is 2.41. The SMILES string of the molecule is CC1[CH+]SC(SO)C1C. The third-order valence-electron chi connectivity index (χ3n) is 1.79. The van der Waals surface area contributed by atoms with Crippen molar-refractivity contribution in [3.8, 4) is 0 Å². The average Bonchev–Trinajstić information content (AvgIpc) is 2.15. The molecule has 3 heteroatoms. The number of rotatable bonds is 1. The highest BCUT2D eigenvalue weighted by molar-refractivity contribution is 8.16. The van der Waals surface area contributed by atoms with Crippen LogP contribution in [-0.2, 0) is 0 Å². The lowest BCUT2D eigenvalue weighted by Crippen LogP contribution is -2.08. The monoisotopic (exact) mass is 163 g/mol. The van der Waals surface area contributed by atoms with Crippen molar-refractivity contribution in [2.75, 3.05) is 0 Å². The predicted molar refractivity (Wildman–Crippen MR) is 44.2 cm³/mol. The molecule has 0 aromatic rings. The molecule has 1 heterocycles. The second-order valence-electron chi connectivity index (χ2n) is 2.46. The molecule has 0 aliphatic carbocycles. The van der Waals surface area contributed by atoms with Crippen LogP contribution in [0.4, 0.5) is 0 Å². The zero-order valence-corrected chi connectivity index (χ0v) is 7.21. The molecule has 0 aromatic heterocycles. The molecule has 1 fully saturated rings. The molecule has 1 aliphatic heterocycles. The van der Waals surface area contributed by atoms with Crippen molar-refractivity contribution in [3.63, 3.8) is 0 Å². The van der Waals surface area contributed by atoms with Gasteiger partial charge in [0.25, 0.3) is 0 Å². The van der Waals surface area contributed by atoms with Crippen molar-refractivity contribution in [1.82, 2.24) is 0 Å². The van der Waals surface area contributed by atoms with Crippen LogP contribution in [0.3, 0.4) is 0 Å². The number of hydrogen-bond donors (Lipinski definition) is 1. The molecule has 1 rings (SSSR count). The third-order valence-corrected chi connectivity index (χ3v) is 4.30. The van der Waals surface area contributed by atoms with Gasteiger partial charge in [0, 0.05) is 18.0 Å². The third kappa shape index (κ3) is 1.51. The first-order chi connectivity index (χ1) is 4.25. The maximum absolute atomic E-state index is 8.73. The lowest BCUT2D eigenvalue weighted by atomic mass is 10.0. The Bertz CT molecular complexity index is 97.1. The molecule has 1 nitrogen and oxygen atoms in total. The van der Waals surface area contributed by atoms with Crippen molar-refractivity contribution in [2.45, 2.75) is 18.4 Å². The fraction of sp³-hybridized carbons (Fsp3) is 0.833. The normalized spacial score (nSPS) is 42.8. The minimum atomic E-state index is 0.375. The van der Waals surface area contributed by atoms with E-state index in [0.717, 1.165) is 12.0 Å². The van der Waals surface area contributed by atoms with Crippen LogP contribution in [0, 0.1) is 17.6 Å². The van der Waals surface area contributed by atoms with Crippen LogP contribution in [0.2, 0.25) is 0 Å². The molecule has 0 aromatic carbocycles. The van der Waals surface area contributed by atoms with Gasteiger partial charge in [-0.1, -0.05) is 6.92 Å². The van der Waals surface area contributed by atoms with E-state index in [1.807, 2.05) is 0 Å². The van der Waals surface area contributed by atoms with Gasteiger partial charge in [0.05, 0.1) is 11.8 Å². The molecule has 0 radical (unpaired) electrons. The zero-order valence-electron chi connectivity index (χ0n) is 5.57. The van der Waals surface area contributed by atoms with E-state index in [1.54, 1.807) is 11.8 Å². The van der Waals surface area contributed by atoms with Crippen molar-refractivity contribution in [3.05, 3.63) is 5.75 Å². The van der Waals surface area contributed by atoms with E-state index in [1.165, 1.54) is 0 Å². The van der Waals surface area contributed by atoms with E-state index < -0.39 is 0 Å². The molecule has 0 saturated carbocycles. The van der Waals surface area contributed by atoms with E-state index >= 15 is 0 Å². The Morgan fingerprint density at radius 3 is 2.44 bits per heavy atom. The van der Waals surface area contributed by atoms with E-state index in [2.05, 4.69) is 19.6 Å². The molecule has 9 heavy (non-hydrogen) atoms. The Morgan fingerprint density at radius 2 is 2.22 bits per heavy atom. The first-order valence-corrected chi connectivity index (χ1v) is 4.82. The highest BCUT2D eigenvalue weighted by Crippen LogP contribution is 2.44. The van der Waals surface area contributed by atoms with Gasteiger partial charge in [-0.05, 0) is 6.92 Å². The van der Waals surface area contributed by atoms with Crippen LogP contribution in [-0.4, -0.2) is 9.13 Å². The first-order valence-electron chi connectivity index (χ1n) is 3.04. The summed E-state index contributed by atoms with van der Waals surface area (Å²) in [7, 11) is 0. The van der Waals surface area contributed by atoms with Gasteiger partial charge in [0.1, 0.15) is 16.3 Å². The van der Waals surface area contributed by atoms with Gasteiger partial charge < -0.3 is 4.55 Å². The standard InChI is InChI=1S/C6H10OS2/c1-4-3-8-6(9-7)5(4)2/h3-6H,1-2H3/p+1. The average molecular weight is 163 g/mol. The smallest absolute Gasteiger partial charge is 0.147 e. The Labute approximate surface area is 64.8 Å². The van der Waals surface area contributed by atoms with Crippen LogP contribution in [0.5, 0.6) is 0 Å². The summed E-state index contributed by atoms with van der Waals surface area (Å²) < 4.78 is 9.11. The molecule has 0 bridgehead atoms. The molecule has 3 unspecified atom stereocenters. The van der Waals surface area contributed by atoms with Crippen molar-refractivity contribution in [2.24, 2.45) is 11.8 Å². The van der Waals surface area contributed by atoms with E-state index in [0.29, 0.717) is 16.4 Å². The number of thioether (sulfide) groups is 1. The minimum Gasteiger partial charge on any atom is -0.329 e. The Morgan fingerprint density at radius 1 is 1.56 bits per heavy atom. The summed E-state index contributed by atoms with van der Waals surface area (Å²) in [6.07, 6.45) is 0. The summed E-state index contributed by atoms with van der Waals surface area (Å²) in [5, 5.41) is 0. The first kappa shape index (κ1) is 7.63. The maximum Gasteiger partial charge on any atom is 0.147 e. The Kier molecular flexibility index (Phi) is 2.61. The molecule has 0 spiro atoms. The van der Waals surface area contributed by atoms with E-state index in [4.69, 9.17) is 4.55 Å². The summed E-state index contributed by atoms with van der Waals surface area (Å²) in [4.78, 5) is 0. The summed E-state index contributed by atoms with van der Waals surface area (Å²) in [5.41, 5.74) is 0. The van der Waals surface area contributed by atoms with Crippen LogP contribution in [0.15, 0.2) is 0 Å². The van der Waals surface area contributed by atoms with Gasteiger partial charge in [-0.25, -0.2) is 0 Å². The van der Waals surface area contributed by atoms with Gasteiger partial charge in [-0.15, -0.1) is 0 Å². The molecule has 1 saturated heterocycles. The van der Waals surface area contributed by atoms with Gasteiger partial charge in [0.15, 0.2) is 0 Å². The van der Waals surface area contributed by atoms with Gasteiger partial charge in [-0.2, -0.15) is 0 Å². The van der Waals surface area contributed by atoms with Crippen molar-refractivity contribution in [1.29, 1.82) is 0 Å². The lowest BCUT2D eigenvalue weighted by Gasteiger charge is -2.05. The molecule has 1 N–H and O–H groups in total. The Hall–Kier alpha value is 0.530. The quantitative estimate of drug-likeness (QED) is 0.474. The van der Waals surface area contributed by atoms with Crippen molar-refractivity contribution < 1.29 is 4.55 Å². The van der Waals surface area contributed by atoms with Crippen LogP contribution >= 0.6 is 23.8 Å². The van der Waals surface area contributed by atoms with Gasteiger partial charge >= 0.3 is 0 Å². The second kappa shape index (κ2) is 3.08. The maximum atomic E-state index is 8.73. The molecule has 52 valence electrons. The number of hydrogen-bond acceptors (Lipinski definition) is 3. The second-order valence-corrected chi connectivity index (χ2v) is 4.53. The molecule has 3 atom stereocenters.